The number of methoxy groups -OCH3 is 1. The van der Waals surface area contributed by atoms with E-state index in [-0.39, 0.29) is 18.7 Å². The predicted molar refractivity (Wildman–Crippen MR) is 114 cm³/mol. The molecule has 1 unspecified atom stereocenters. The van der Waals surface area contributed by atoms with Gasteiger partial charge in [0, 0.05) is 7.05 Å². The van der Waals surface area contributed by atoms with E-state index in [1.807, 2.05) is 45.0 Å². The van der Waals surface area contributed by atoms with Crippen molar-refractivity contribution in [1.29, 1.82) is 0 Å². The van der Waals surface area contributed by atoms with Crippen LogP contribution in [0.2, 0.25) is 0 Å². The van der Waals surface area contributed by atoms with E-state index < -0.39 is 28.7 Å². The van der Waals surface area contributed by atoms with Gasteiger partial charge in [0.15, 0.2) is 0 Å². The van der Waals surface area contributed by atoms with Crippen molar-refractivity contribution in [2.75, 3.05) is 14.2 Å². The molecular formula is C22H35N3O5. The van der Waals surface area contributed by atoms with Gasteiger partial charge in [0.1, 0.15) is 5.75 Å². The maximum atomic E-state index is 12.9. The van der Waals surface area contributed by atoms with Crippen molar-refractivity contribution in [3.05, 3.63) is 29.8 Å². The van der Waals surface area contributed by atoms with Gasteiger partial charge in [-0.2, -0.15) is 0 Å². The maximum Gasteiger partial charge on any atom is 0.233 e. The maximum absolute atomic E-state index is 12.9. The molecule has 0 aliphatic carbocycles. The highest BCUT2D eigenvalue weighted by Crippen LogP contribution is 2.47. The third kappa shape index (κ3) is 5.50. The normalized spacial score (nSPS) is 15.4. The molecule has 0 aromatic heterocycles. The average molecular weight is 422 g/mol. The second kappa shape index (κ2) is 10.4. The van der Waals surface area contributed by atoms with E-state index in [1.54, 1.807) is 7.11 Å². The number of carbonyl (C=O) groups excluding carboxylic acids is 3. The van der Waals surface area contributed by atoms with Crippen LogP contribution in [0.1, 0.15) is 46.1 Å². The number of nitrogens with zero attached hydrogens (tertiary/aromatic N) is 1. The van der Waals surface area contributed by atoms with E-state index in [2.05, 4.69) is 5.32 Å². The van der Waals surface area contributed by atoms with Gasteiger partial charge in [-0.15, -0.1) is 0 Å². The largest absolute Gasteiger partial charge is 0.497 e. The molecule has 1 aromatic rings. The highest BCUT2D eigenvalue weighted by molar-refractivity contribution is 5.91. The van der Waals surface area contributed by atoms with Crippen LogP contribution in [0, 0.1) is 16.7 Å². The molecule has 0 saturated carbocycles. The number of hydroxylamine groups is 2. The molecule has 3 amide bonds. The van der Waals surface area contributed by atoms with Crippen LogP contribution in [0.3, 0.4) is 0 Å². The summed E-state index contributed by atoms with van der Waals surface area (Å²) in [4.78, 5) is 37.1. The zero-order chi connectivity index (χ0) is 23.1. The minimum Gasteiger partial charge on any atom is -0.497 e. The Morgan fingerprint density at radius 1 is 1.27 bits per heavy atom. The molecule has 0 fully saturated rings. The Morgan fingerprint density at radius 3 is 2.23 bits per heavy atom. The van der Waals surface area contributed by atoms with Gasteiger partial charge in [-0.05, 0) is 49.3 Å². The fourth-order valence-electron chi connectivity index (χ4n) is 4.31. The van der Waals surface area contributed by atoms with Gasteiger partial charge >= 0.3 is 0 Å². The Hall–Kier alpha value is -2.61. The molecule has 30 heavy (non-hydrogen) atoms. The highest BCUT2D eigenvalue weighted by atomic mass is 16.5. The first-order chi connectivity index (χ1) is 13.9. The molecule has 1 aromatic carbocycles. The third-order valence-electron chi connectivity index (χ3n) is 5.81. The second-order valence-corrected chi connectivity index (χ2v) is 8.68. The Morgan fingerprint density at radius 2 is 1.83 bits per heavy atom. The molecule has 3 atom stereocenters. The van der Waals surface area contributed by atoms with Gasteiger partial charge in [0.25, 0.3) is 0 Å². The zero-order valence-electron chi connectivity index (χ0n) is 18.8. The van der Waals surface area contributed by atoms with Gasteiger partial charge in [-0.1, -0.05) is 32.9 Å². The van der Waals surface area contributed by atoms with Crippen LogP contribution in [0.4, 0.5) is 0 Å². The first kappa shape index (κ1) is 25.4. The minimum absolute atomic E-state index is 0.218. The first-order valence-electron chi connectivity index (χ1n) is 10.0. The minimum atomic E-state index is -1.47. The van der Waals surface area contributed by atoms with Crippen molar-refractivity contribution in [3.8, 4) is 5.75 Å². The van der Waals surface area contributed by atoms with E-state index in [0.29, 0.717) is 17.9 Å². The van der Waals surface area contributed by atoms with Gasteiger partial charge < -0.3 is 15.8 Å². The number of primary amides is 1. The molecule has 4 N–H and O–H groups in total. The number of ether oxygens (including phenoxy) is 1. The smallest absolute Gasteiger partial charge is 0.233 e. The Balaban J connectivity index is 3.36. The molecule has 0 spiro atoms. The molecular weight excluding hydrogens is 386 g/mol. The lowest BCUT2D eigenvalue weighted by Gasteiger charge is -2.48. The molecule has 0 saturated heterocycles. The van der Waals surface area contributed by atoms with Crippen LogP contribution in [0.15, 0.2) is 24.3 Å². The fraction of sp³-hybridized carbons (Fsp3) is 0.591. The molecule has 0 aliphatic heterocycles. The van der Waals surface area contributed by atoms with E-state index >= 15 is 0 Å². The van der Waals surface area contributed by atoms with Crippen molar-refractivity contribution in [2.24, 2.45) is 22.5 Å². The molecule has 0 aliphatic rings. The monoisotopic (exact) mass is 421 g/mol. The SMILES string of the molecule is CNC(=O)[C@@H](C(C)(C)C)C(CCCc1ccc(OC)cc1)(C(N)=O)[C@H](C)N(O)C=O. The average Bonchev–Trinajstić information content (AvgIpc) is 2.70. The number of hydrogen-bond acceptors (Lipinski definition) is 5. The molecule has 8 nitrogen and oxygen atoms in total. The zero-order valence-corrected chi connectivity index (χ0v) is 18.8. The van der Waals surface area contributed by atoms with E-state index in [4.69, 9.17) is 10.5 Å². The number of aryl methyl sites for hydroxylation is 1. The first-order valence-corrected chi connectivity index (χ1v) is 10.0. The summed E-state index contributed by atoms with van der Waals surface area (Å²) in [5.41, 5.74) is 4.78. The van der Waals surface area contributed by atoms with Crippen molar-refractivity contribution in [1.82, 2.24) is 10.4 Å². The van der Waals surface area contributed by atoms with Crippen molar-refractivity contribution < 1.29 is 24.3 Å². The van der Waals surface area contributed by atoms with Gasteiger partial charge in [-0.25, -0.2) is 5.06 Å². The number of rotatable bonds is 11. The van der Waals surface area contributed by atoms with Crippen LogP contribution in [-0.4, -0.2) is 48.7 Å². The number of benzene rings is 1. The lowest BCUT2D eigenvalue weighted by molar-refractivity contribution is -0.187. The van der Waals surface area contributed by atoms with E-state index in [1.165, 1.54) is 14.0 Å². The standard InChI is InChI=1S/C22H35N3O5/c1-15(25(29)14-26)22(20(23)28,18(19(27)24-5)21(2,3)4)13-7-8-16-9-11-17(30-6)12-10-16/h9-12,14-15,18,29H,7-8,13H2,1-6H3,(H2,23,28)(H,24,27)/t15-,18-,22?/m0/s1. The van der Waals surface area contributed by atoms with E-state index in [9.17, 15) is 19.6 Å². The van der Waals surface area contributed by atoms with Crippen molar-refractivity contribution >= 4 is 18.2 Å². The summed E-state index contributed by atoms with van der Waals surface area (Å²) >= 11 is 0. The summed E-state index contributed by atoms with van der Waals surface area (Å²) in [6.07, 6.45) is 1.60. The van der Waals surface area contributed by atoms with Crippen LogP contribution >= 0.6 is 0 Å². The molecule has 1 rings (SSSR count). The Labute approximate surface area is 178 Å². The van der Waals surface area contributed by atoms with E-state index in [0.717, 1.165) is 11.3 Å². The molecule has 0 bridgehead atoms. The third-order valence-corrected chi connectivity index (χ3v) is 5.81. The number of carbonyl (C=O) groups is 3. The molecule has 0 radical (unpaired) electrons. The van der Waals surface area contributed by atoms with Crippen LogP contribution < -0.4 is 15.8 Å². The predicted octanol–water partition coefficient (Wildman–Crippen LogP) is 2.13. The highest BCUT2D eigenvalue weighted by Gasteiger charge is 2.56. The summed E-state index contributed by atoms with van der Waals surface area (Å²) in [6.45, 7) is 7.05. The Bertz CT molecular complexity index is 729. The Kier molecular flexibility index (Phi) is 8.84. The number of hydrogen-bond donors (Lipinski definition) is 3. The fourth-order valence-corrected chi connectivity index (χ4v) is 4.31. The quantitative estimate of drug-likeness (QED) is 0.287. The lowest BCUT2D eigenvalue weighted by atomic mass is 9.57. The van der Waals surface area contributed by atoms with Gasteiger partial charge in [0.2, 0.25) is 18.2 Å². The van der Waals surface area contributed by atoms with Crippen LogP contribution in [0.25, 0.3) is 0 Å². The van der Waals surface area contributed by atoms with Crippen molar-refractivity contribution in [3.63, 3.8) is 0 Å². The number of nitrogens with one attached hydrogen (secondary N) is 1. The summed E-state index contributed by atoms with van der Waals surface area (Å²) in [6, 6.07) is 6.56. The second-order valence-electron chi connectivity index (χ2n) is 8.68. The van der Waals surface area contributed by atoms with Gasteiger partial charge in [0.05, 0.1) is 24.5 Å². The summed E-state index contributed by atoms with van der Waals surface area (Å²) in [5, 5.41) is 13.2. The summed E-state index contributed by atoms with van der Waals surface area (Å²) in [5.74, 6) is -1.22. The molecule has 0 heterocycles. The van der Waals surface area contributed by atoms with Crippen LogP contribution in [-0.2, 0) is 20.8 Å². The topological polar surface area (TPSA) is 122 Å². The van der Waals surface area contributed by atoms with Gasteiger partial charge in [-0.3, -0.25) is 19.6 Å². The van der Waals surface area contributed by atoms with Crippen LogP contribution in [0.5, 0.6) is 5.75 Å². The molecule has 168 valence electrons. The van der Waals surface area contributed by atoms with Crippen molar-refractivity contribution in [2.45, 2.75) is 53.0 Å². The lowest BCUT2D eigenvalue weighted by Crippen LogP contribution is -2.62. The summed E-state index contributed by atoms with van der Waals surface area (Å²) < 4.78 is 5.17. The summed E-state index contributed by atoms with van der Waals surface area (Å²) in [7, 11) is 3.09. The number of amides is 3. The number of nitrogens with two attached hydrogens (primary N) is 1. The molecule has 8 heteroatoms.